The van der Waals surface area contributed by atoms with Crippen LogP contribution in [0.5, 0.6) is 5.75 Å². The van der Waals surface area contributed by atoms with Gasteiger partial charge in [0.15, 0.2) is 11.6 Å². The summed E-state index contributed by atoms with van der Waals surface area (Å²) < 4.78 is 21.0. The predicted octanol–water partition coefficient (Wildman–Crippen LogP) is 1.82. The molecular weight excluding hydrogens is 491 g/mol. The molecular formula is C27H33FN6O4. The second kappa shape index (κ2) is 9.54. The molecule has 5 rings (SSSR count). The van der Waals surface area contributed by atoms with Crippen molar-refractivity contribution in [3.63, 3.8) is 0 Å². The van der Waals surface area contributed by atoms with Crippen LogP contribution in [0.1, 0.15) is 34.7 Å². The number of nitrogens with one attached hydrogen (secondary N) is 1. The maximum absolute atomic E-state index is 15.6. The minimum Gasteiger partial charge on any atom is -0.493 e. The van der Waals surface area contributed by atoms with Crippen LogP contribution in [0.4, 0.5) is 15.8 Å². The molecule has 202 valence electrons. The molecule has 0 unspecified atom stereocenters. The Morgan fingerprint density at radius 2 is 1.87 bits per heavy atom. The van der Waals surface area contributed by atoms with E-state index >= 15 is 4.39 Å². The largest absolute Gasteiger partial charge is 0.493 e. The van der Waals surface area contributed by atoms with Crippen LogP contribution in [0.25, 0.3) is 0 Å². The first-order valence-corrected chi connectivity index (χ1v) is 12.7. The number of anilines is 2. The maximum atomic E-state index is 15.6. The molecule has 0 radical (unpaired) electrons. The number of rotatable bonds is 6. The molecule has 0 spiro atoms. The summed E-state index contributed by atoms with van der Waals surface area (Å²) in [6, 6.07) is 5.39. The van der Waals surface area contributed by atoms with Gasteiger partial charge in [0.05, 0.1) is 18.4 Å². The zero-order chi connectivity index (χ0) is 27.4. The van der Waals surface area contributed by atoms with Gasteiger partial charge in [-0.15, -0.1) is 0 Å². The third-order valence-electron chi connectivity index (χ3n) is 8.37. The summed E-state index contributed by atoms with van der Waals surface area (Å²) in [5.41, 5.74) is 6.06. The van der Waals surface area contributed by atoms with E-state index in [1.807, 2.05) is 11.9 Å². The van der Waals surface area contributed by atoms with Crippen molar-refractivity contribution in [1.82, 2.24) is 14.8 Å². The number of aromatic nitrogens is 1. The van der Waals surface area contributed by atoms with Gasteiger partial charge in [-0.1, -0.05) is 13.8 Å². The highest BCUT2D eigenvalue weighted by Crippen LogP contribution is 2.65. The lowest BCUT2D eigenvalue weighted by molar-refractivity contribution is -0.120. The van der Waals surface area contributed by atoms with Crippen LogP contribution in [-0.2, 0) is 4.79 Å². The number of nitrogens with two attached hydrogens (primary N) is 1. The van der Waals surface area contributed by atoms with E-state index in [1.165, 1.54) is 24.3 Å². The number of piperazine rings is 1. The van der Waals surface area contributed by atoms with Crippen molar-refractivity contribution in [3.05, 3.63) is 47.5 Å². The second-order valence-electron chi connectivity index (χ2n) is 10.9. The molecule has 2 aliphatic heterocycles. The number of carbonyl (C=O) groups excluding carboxylic acids is 3. The quantitative estimate of drug-likeness (QED) is 0.591. The lowest BCUT2D eigenvalue weighted by atomic mass is 9.99. The Labute approximate surface area is 220 Å². The van der Waals surface area contributed by atoms with Gasteiger partial charge >= 0.3 is 0 Å². The van der Waals surface area contributed by atoms with E-state index in [1.54, 1.807) is 18.2 Å². The summed E-state index contributed by atoms with van der Waals surface area (Å²) in [5.74, 6) is -2.16. The average molecular weight is 525 g/mol. The van der Waals surface area contributed by atoms with Crippen LogP contribution in [0.2, 0.25) is 0 Å². The highest BCUT2D eigenvalue weighted by Gasteiger charge is 2.69. The van der Waals surface area contributed by atoms with Gasteiger partial charge in [-0.25, -0.2) is 4.39 Å². The number of likely N-dealkylation sites (N-methyl/N-ethyl adjacent to an activating group) is 1. The summed E-state index contributed by atoms with van der Waals surface area (Å²) in [5, 5.41) is 2.81. The number of hydrogen-bond donors (Lipinski definition) is 2. The van der Waals surface area contributed by atoms with E-state index in [0.717, 1.165) is 13.1 Å². The van der Waals surface area contributed by atoms with Crippen LogP contribution in [-0.4, -0.2) is 85.4 Å². The first-order valence-electron chi connectivity index (χ1n) is 12.7. The van der Waals surface area contributed by atoms with Gasteiger partial charge in [0.25, 0.3) is 11.8 Å². The molecule has 3 fully saturated rings. The molecule has 3 aliphatic rings. The summed E-state index contributed by atoms with van der Waals surface area (Å²) in [6.07, 6.45) is 1.38. The molecule has 1 saturated carbocycles. The molecule has 10 nitrogen and oxygen atoms in total. The standard InChI is InChI=1S/C27H33FN6O4/c1-27(2)17-14-34(22(20(17)27)25(36)31-15-7-8-30-18(13-15)24(29)35)26(37)16-5-6-19(21(28)23(16)38-4)33-11-9-32(3)10-12-33/h5-8,13,17,20,22H,9-12,14H2,1-4H3,(H2,29,35)(H,30,31,36)/t17-,20-,22-/m1/s1. The fourth-order valence-corrected chi connectivity index (χ4v) is 6.01. The Bertz CT molecular complexity index is 1290. The summed E-state index contributed by atoms with van der Waals surface area (Å²) in [7, 11) is 3.37. The highest BCUT2D eigenvalue weighted by atomic mass is 19.1. The number of amides is 3. The van der Waals surface area contributed by atoms with Crippen LogP contribution in [0, 0.1) is 23.1 Å². The van der Waals surface area contributed by atoms with Crippen LogP contribution in [0.15, 0.2) is 30.5 Å². The molecule has 0 bridgehead atoms. The van der Waals surface area contributed by atoms with Crippen molar-refractivity contribution in [2.45, 2.75) is 19.9 Å². The fourth-order valence-electron chi connectivity index (χ4n) is 6.01. The van der Waals surface area contributed by atoms with Crippen LogP contribution < -0.4 is 20.7 Å². The summed E-state index contributed by atoms with van der Waals surface area (Å²) in [6.45, 7) is 7.49. The Balaban J connectivity index is 1.42. The molecule has 1 aromatic heterocycles. The van der Waals surface area contributed by atoms with Gasteiger partial charge < -0.3 is 30.5 Å². The number of fused-ring (bicyclic) bond motifs is 1. The van der Waals surface area contributed by atoms with E-state index in [-0.39, 0.29) is 40.2 Å². The van der Waals surface area contributed by atoms with Crippen molar-refractivity contribution in [2.24, 2.45) is 23.0 Å². The summed E-state index contributed by atoms with van der Waals surface area (Å²) >= 11 is 0. The van der Waals surface area contributed by atoms with Crippen molar-refractivity contribution in [1.29, 1.82) is 0 Å². The smallest absolute Gasteiger partial charge is 0.267 e. The van der Waals surface area contributed by atoms with Crippen molar-refractivity contribution in [3.8, 4) is 5.75 Å². The summed E-state index contributed by atoms with van der Waals surface area (Å²) in [4.78, 5) is 48.4. The van der Waals surface area contributed by atoms with E-state index in [4.69, 9.17) is 10.5 Å². The van der Waals surface area contributed by atoms with Crippen LogP contribution >= 0.6 is 0 Å². The Morgan fingerprint density at radius 1 is 1.16 bits per heavy atom. The Hall–Kier alpha value is -3.73. The molecule has 1 aliphatic carbocycles. The fraction of sp³-hybridized carbons (Fsp3) is 0.481. The minimum atomic E-state index is -0.766. The number of methoxy groups -OCH3 is 1. The van der Waals surface area contributed by atoms with Crippen molar-refractivity contribution in [2.75, 3.05) is 57.1 Å². The van der Waals surface area contributed by atoms with E-state index in [9.17, 15) is 14.4 Å². The molecule has 3 heterocycles. The maximum Gasteiger partial charge on any atom is 0.267 e. The normalized spacial score (nSPS) is 24.1. The van der Waals surface area contributed by atoms with Gasteiger partial charge in [-0.05, 0) is 48.6 Å². The van der Waals surface area contributed by atoms with Gasteiger partial charge in [-0.3, -0.25) is 19.4 Å². The molecule has 38 heavy (non-hydrogen) atoms. The third kappa shape index (κ3) is 4.34. The number of likely N-dealkylation sites (tertiary alicyclic amines) is 1. The lowest BCUT2D eigenvalue weighted by Gasteiger charge is -2.35. The number of piperidine rings is 1. The van der Waals surface area contributed by atoms with Crippen molar-refractivity contribution >= 4 is 29.1 Å². The van der Waals surface area contributed by atoms with E-state index in [0.29, 0.717) is 31.0 Å². The number of pyridine rings is 1. The zero-order valence-electron chi connectivity index (χ0n) is 22.0. The number of halogens is 1. The topological polar surface area (TPSA) is 121 Å². The second-order valence-corrected chi connectivity index (χ2v) is 10.9. The number of primary amides is 1. The molecule has 2 aromatic rings. The molecule has 3 amide bonds. The minimum absolute atomic E-state index is 0.0208. The highest BCUT2D eigenvalue weighted by molar-refractivity contribution is 6.04. The molecule has 2 saturated heterocycles. The average Bonchev–Trinajstić information content (AvgIpc) is 3.22. The number of nitrogens with zero attached hydrogens (tertiary/aromatic N) is 4. The van der Waals surface area contributed by atoms with Crippen molar-refractivity contribution < 1.29 is 23.5 Å². The van der Waals surface area contributed by atoms with Gasteiger partial charge in [0, 0.05) is 44.6 Å². The zero-order valence-corrected chi connectivity index (χ0v) is 22.0. The van der Waals surface area contributed by atoms with E-state index < -0.39 is 23.7 Å². The monoisotopic (exact) mass is 524 g/mol. The SMILES string of the molecule is COc1c(C(=O)N2C[C@@H]3[C@H]([C@@H]2C(=O)Nc2ccnc(C(N)=O)c2)C3(C)C)ccc(N2CCN(C)CC2)c1F. The Morgan fingerprint density at radius 3 is 2.53 bits per heavy atom. The molecule has 3 atom stereocenters. The number of hydrogen-bond acceptors (Lipinski definition) is 7. The van der Waals surface area contributed by atoms with Gasteiger partial charge in [0.1, 0.15) is 11.7 Å². The Kier molecular flexibility index (Phi) is 6.50. The van der Waals surface area contributed by atoms with Gasteiger partial charge in [-0.2, -0.15) is 0 Å². The molecule has 3 N–H and O–H groups in total. The first-order chi connectivity index (χ1) is 18.0. The number of benzene rings is 1. The number of carbonyl (C=O) groups is 3. The first kappa shape index (κ1) is 25.9. The molecule has 1 aromatic carbocycles. The van der Waals surface area contributed by atoms with Crippen LogP contribution in [0.3, 0.4) is 0 Å². The predicted molar refractivity (Wildman–Crippen MR) is 140 cm³/mol. The number of ether oxygens (including phenoxy) is 1. The molecule has 11 heteroatoms. The van der Waals surface area contributed by atoms with Gasteiger partial charge in [0.2, 0.25) is 5.91 Å². The lowest BCUT2D eigenvalue weighted by Crippen LogP contribution is -2.48. The third-order valence-corrected chi connectivity index (χ3v) is 8.37. The van der Waals surface area contributed by atoms with E-state index in [2.05, 4.69) is 29.0 Å².